The highest BCUT2D eigenvalue weighted by Gasteiger charge is 2.15. The van der Waals surface area contributed by atoms with Crippen LogP contribution in [0.2, 0.25) is 0 Å². The van der Waals surface area contributed by atoms with E-state index >= 15 is 0 Å². The van der Waals surface area contributed by atoms with E-state index in [1.54, 1.807) is 0 Å². The summed E-state index contributed by atoms with van der Waals surface area (Å²) < 4.78 is 4.38. The van der Waals surface area contributed by atoms with Gasteiger partial charge >= 0.3 is 12.1 Å². The van der Waals surface area contributed by atoms with Crippen LogP contribution in [-0.4, -0.2) is 29.4 Å². The van der Waals surface area contributed by atoms with E-state index in [1.165, 1.54) is 31.4 Å². The third-order valence-corrected chi connectivity index (χ3v) is 1.89. The summed E-state index contributed by atoms with van der Waals surface area (Å²) in [7, 11) is 1.23. The van der Waals surface area contributed by atoms with Crippen LogP contribution in [-0.2, 0) is 9.53 Å². The Balaban J connectivity index is 2.75. The summed E-state index contributed by atoms with van der Waals surface area (Å²) in [4.78, 5) is 21.3. The van der Waals surface area contributed by atoms with E-state index in [4.69, 9.17) is 5.11 Å². The smallest absolute Gasteiger partial charge is 0.411 e. The Hall–Kier alpha value is -2.08. The number of hydrogen-bond donors (Lipinski definition) is 3. The fourth-order valence-corrected chi connectivity index (χ4v) is 1.06. The van der Waals surface area contributed by atoms with Crippen LogP contribution < -0.4 is 5.32 Å². The standard InChI is InChI=1S/C10H11NO5/c1-16-10(15)11-7-4-2-6(3-5-7)8(12)9(13)14/h2-5,8,12H,1H3,(H,11,15)(H,13,14). The van der Waals surface area contributed by atoms with Crippen LogP contribution in [0.4, 0.5) is 10.5 Å². The van der Waals surface area contributed by atoms with Gasteiger partial charge in [-0.3, -0.25) is 5.32 Å². The molecule has 0 heterocycles. The molecule has 1 aromatic carbocycles. The molecule has 3 N–H and O–H groups in total. The number of aliphatic hydroxyl groups is 1. The van der Waals surface area contributed by atoms with Crippen molar-refractivity contribution in [1.29, 1.82) is 0 Å². The molecule has 1 amide bonds. The van der Waals surface area contributed by atoms with Crippen molar-refractivity contribution < 1.29 is 24.5 Å². The molecule has 0 radical (unpaired) electrons. The van der Waals surface area contributed by atoms with Crippen LogP contribution in [0.25, 0.3) is 0 Å². The molecule has 16 heavy (non-hydrogen) atoms. The molecule has 1 unspecified atom stereocenters. The van der Waals surface area contributed by atoms with E-state index in [-0.39, 0.29) is 5.56 Å². The molecule has 86 valence electrons. The number of carboxylic acid groups (broad SMARTS) is 1. The third-order valence-electron chi connectivity index (χ3n) is 1.89. The summed E-state index contributed by atoms with van der Waals surface area (Å²) in [6.07, 6.45) is -2.18. The molecule has 0 spiro atoms. The summed E-state index contributed by atoms with van der Waals surface area (Å²) in [6.45, 7) is 0. The Morgan fingerprint density at radius 2 is 1.88 bits per heavy atom. The van der Waals surface area contributed by atoms with Crippen LogP contribution in [0.5, 0.6) is 0 Å². The predicted molar refractivity (Wildman–Crippen MR) is 55.1 cm³/mol. The van der Waals surface area contributed by atoms with Gasteiger partial charge in [0.15, 0.2) is 6.10 Å². The fraction of sp³-hybridized carbons (Fsp3) is 0.200. The second-order valence-electron chi connectivity index (χ2n) is 2.98. The minimum atomic E-state index is -1.56. The number of benzene rings is 1. The number of hydrogen-bond acceptors (Lipinski definition) is 4. The predicted octanol–water partition coefficient (Wildman–Crippen LogP) is 0.983. The van der Waals surface area contributed by atoms with Crippen LogP contribution >= 0.6 is 0 Å². The molecule has 0 fully saturated rings. The SMILES string of the molecule is COC(=O)Nc1ccc(C(O)C(=O)O)cc1. The summed E-state index contributed by atoms with van der Waals surface area (Å²) in [6, 6.07) is 5.75. The van der Waals surface area contributed by atoms with Crippen LogP contribution in [0.15, 0.2) is 24.3 Å². The molecule has 1 aromatic rings. The van der Waals surface area contributed by atoms with E-state index in [0.29, 0.717) is 5.69 Å². The number of carbonyl (C=O) groups excluding carboxylic acids is 1. The van der Waals surface area contributed by atoms with Gasteiger partial charge in [0.2, 0.25) is 0 Å². The van der Waals surface area contributed by atoms with E-state index in [9.17, 15) is 14.7 Å². The van der Waals surface area contributed by atoms with Crippen LogP contribution in [0, 0.1) is 0 Å². The molecule has 0 aliphatic rings. The Labute approximate surface area is 91.5 Å². The molecule has 6 nitrogen and oxygen atoms in total. The van der Waals surface area contributed by atoms with Gasteiger partial charge in [0.25, 0.3) is 0 Å². The molecular weight excluding hydrogens is 214 g/mol. The van der Waals surface area contributed by atoms with Crippen molar-refractivity contribution in [2.24, 2.45) is 0 Å². The Bertz CT molecular complexity index is 387. The third kappa shape index (κ3) is 2.96. The second-order valence-corrected chi connectivity index (χ2v) is 2.98. The first-order chi connectivity index (χ1) is 7.54. The minimum absolute atomic E-state index is 0.239. The van der Waals surface area contributed by atoms with Crippen molar-refractivity contribution in [3.63, 3.8) is 0 Å². The van der Waals surface area contributed by atoms with E-state index in [0.717, 1.165) is 0 Å². The lowest BCUT2D eigenvalue weighted by Crippen LogP contribution is -2.12. The minimum Gasteiger partial charge on any atom is -0.479 e. The molecule has 0 saturated heterocycles. The zero-order valence-corrected chi connectivity index (χ0v) is 8.51. The first kappa shape index (κ1) is 12.0. The van der Waals surface area contributed by atoms with Crippen molar-refractivity contribution in [3.05, 3.63) is 29.8 Å². The van der Waals surface area contributed by atoms with Gasteiger partial charge in [0.1, 0.15) is 0 Å². The quantitative estimate of drug-likeness (QED) is 0.712. The number of nitrogens with one attached hydrogen (secondary N) is 1. The van der Waals surface area contributed by atoms with Crippen LogP contribution in [0.1, 0.15) is 11.7 Å². The Morgan fingerprint density at radius 3 is 2.31 bits per heavy atom. The maximum Gasteiger partial charge on any atom is 0.411 e. The van der Waals surface area contributed by atoms with Crippen molar-refractivity contribution >= 4 is 17.7 Å². The number of rotatable bonds is 3. The number of anilines is 1. The molecule has 0 saturated carbocycles. The number of aliphatic hydroxyl groups excluding tert-OH is 1. The summed E-state index contributed by atoms with van der Waals surface area (Å²) in [5, 5.41) is 20.2. The summed E-state index contributed by atoms with van der Waals surface area (Å²) in [5.41, 5.74) is 0.691. The maximum absolute atomic E-state index is 10.8. The molecule has 0 aliphatic carbocycles. The van der Waals surface area contributed by atoms with Crippen molar-refractivity contribution in [2.45, 2.75) is 6.10 Å². The topological polar surface area (TPSA) is 95.9 Å². The van der Waals surface area contributed by atoms with Gasteiger partial charge in [0.05, 0.1) is 7.11 Å². The van der Waals surface area contributed by atoms with Crippen molar-refractivity contribution in [1.82, 2.24) is 0 Å². The fourth-order valence-electron chi connectivity index (χ4n) is 1.06. The Kier molecular flexibility index (Phi) is 3.84. The van der Waals surface area contributed by atoms with Gasteiger partial charge in [-0.05, 0) is 17.7 Å². The molecular formula is C10H11NO5. The van der Waals surface area contributed by atoms with Crippen molar-refractivity contribution in [2.75, 3.05) is 12.4 Å². The average molecular weight is 225 g/mol. The van der Waals surface area contributed by atoms with Crippen molar-refractivity contribution in [3.8, 4) is 0 Å². The number of carboxylic acids is 1. The zero-order chi connectivity index (χ0) is 12.1. The highest BCUT2D eigenvalue weighted by atomic mass is 16.5. The van der Waals surface area contributed by atoms with Gasteiger partial charge in [0, 0.05) is 5.69 Å². The lowest BCUT2D eigenvalue weighted by Gasteiger charge is -2.07. The van der Waals surface area contributed by atoms with E-state index < -0.39 is 18.2 Å². The highest BCUT2D eigenvalue weighted by molar-refractivity contribution is 5.84. The lowest BCUT2D eigenvalue weighted by molar-refractivity contribution is -0.146. The van der Waals surface area contributed by atoms with E-state index in [2.05, 4.69) is 10.1 Å². The van der Waals surface area contributed by atoms with Gasteiger partial charge in [-0.1, -0.05) is 12.1 Å². The molecule has 0 bridgehead atoms. The highest BCUT2D eigenvalue weighted by Crippen LogP contribution is 2.16. The molecule has 0 aliphatic heterocycles. The number of amides is 1. The van der Waals surface area contributed by atoms with Gasteiger partial charge in [-0.15, -0.1) is 0 Å². The number of ether oxygens (including phenoxy) is 1. The van der Waals surface area contributed by atoms with Gasteiger partial charge in [-0.2, -0.15) is 0 Å². The first-order valence-corrected chi connectivity index (χ1v) is 4.40. The maximum atomic E-state index is 10.8. The molecule has 6 heteroatoms. The lowest BCUT2D eigenvalue weighted by atomic mass is 10.1. The van der Waals surface area contributed by atoms with Crippen LogP contribution in [0.3, 0.4) is 0 Å². The number of aliphatic carboxylic acids is 1. The number of methoxy groups -OCH3 is 1. The van der Waals surface area contributed by atoms with E-state index in [1.807, 2.05) is 0 Å². The summed E-state index contributed by atoms with van der Waals surface area (Å²) in [5.74, 6) is -1.33. The first-order valence-electron chi connectivity index (χ1n) is 4.40. The monoisotopic (exact) mass is 225 g/mol. The summed E-state index contributed by atoms with van der Waals surface area (Å²) >= 11 is 0. The molecule has 0 aromatic heterocycles. The zero-order valence-electron chi connectivity index (χ0n) is 8.51. The van der Waals surface area contributed by atoms with Gasteiger partial charge < -0.3 is 14.9 Å². The average Bonchev–Trinajstić information content (AvgIpc) is 2.28. The second kappa shape index (κ2) is 5.13. The Morgan fingerprint density at radius 1 is 1.31 bits per heavy atom. The number of carbonyl (C=O) groups is 2. The largest absolute Gasteiger partial charge is 0.479 e. The normalized spacial score (nSPS) is 11.6. The van der Waals surface area contributed by atoms with Gasteiger partial charge in [-0.25, -0.2) is 9.59 Å². The molecule has 1 rings (SSSR count). The molecule has 1 atom stereocenters.